The predicted octanol–water partition coefficient (Wildman–Crippen LogP) is 2.77. The summed E-state index contributed by atoms with van der Waals surface area (Å²) in [5.74, 6) is 1.18. The van der Waals surface area contributed by atoms with Gasteiger partial charge in [-0.25, -0.2) is 4.68 Å². The average Bonchev–Trinajstić information content (AvgIpc) is 3.09. The zero-order valence-corrected chi connectivity index (χ0v) is 11.7. The van der Waals surface area contributed by atoms with Crippen LogP contribution in [0.5, 0.6) is 0 Å². The molecule has 2 aromatic heterocycles. The highest BCUT2D eigenvalue weighted by atomic mass is 35.5. The molecule has 6 nitrogen and oxygen atoms in total. The fourth-order valence-corrected chi connectivity index (χ4v) is 2.03. The lowest BCUT2D eigenvalue weighted by Crippen LogP contribution is -2.00. The van der Waals surface area contributed by atoms with E-state index in [-0.39, 0.29) is 0 Å². The summed E-state index contributed by atoms with van der Waals surface area (Å²) in [7, 11) is 0. The standard InChI is InChI=1S/C12H9Cl2N5O/c13-5-8-6-19(18-16-8)7-11-15-12(17-20-11)9-3-1-2-4-10(9)14/h1-4,6H,5,7H2. The molecule has 0 spiro atoms. The molecule has 0 amide bonds. The highest BCUT2D eigenvalue weighted by molar-refractivity contribution is 6.33. The molecule has 0 saturated heterocycles. The zero-order chi connectivity index (χ0) is 13.9. The zero-order valence-electron chi connectivity index (χ0n) is 10.2. The highest BCUT2D eigenvalue weighted by Crippen LogP contribution is 2.24. The van der Waals surface area contributed by atoms with Crippen LogP contribution in [0.4, 0.5) is 0 Å². The van der Waals surface area contributed by atoms with Crippen LogP contribution in [0.15, 0.2) is 35.0 Å². The van der Waals surface area contributed by atoms with E-state index in [1.165, 1.54) is 0 Å². The van der Waals surface area contributed by atoms with Gasteiger partial charge in [0.15, 0.2) is 0 Å². The van der Waals surface area contributed by atoms with Crippen LogP contribution in [-0.2, 0) is 12.4 Å². The van der Waals surface area contributed by atoms with Crippen LogP contribution >= 0.6 is 23.2 Å². The lowest BCUT2D eigenvalue weighted by molar-refractivity contribution is 0.364. The molecule has 0 bridgehead atoms. The second-order valence-corrected chi connectivity index (χ2v) is 4.71. The molecule has 0 aliphatic heterocycles. The van der Waals surface area contributed by atoms with Gasteiger partial charge in [0, 0.05) is 5.56 Å². The van der Waals surface area contributed by atoms with Crippen molar-refractivity contribution in [2.45, 2.75) is 12.4 Å². The Labute approximate surface area is 124 Å². The molecule has 0 atom stereocenters. The molecule has 0 unspecified atom stereocenters. The van der Waals surface area contributed by atoms with Gasteiger partial charge >= 0.3 is 0 Å². The number of hydrogen-bond donors (Lipinski definition) is 0. The number of rotatable bonds is 4. The van der Waals surface area contributed by atoms with Gasteiger partial charge in [0.1, 0.15) is 6.54 Å². The van der Waals surface area contributed by atoms with Crippen LogP contribution in [0.25, 0.3) is 11.4 Å². The fraction of sp³-hybridized carbons (Fsp3) is 0.167. The van der Waals surface area contributed by atoms with Gasteiger partial charge in [-0.05, 0) is 12.1 Å². The minimum absolute atomic E-state index is 0.314. The molecule has 0 aliphatic carbocycles. The van der Waals surface area contributed by atoms with Crippen LogP contribution in [0.1, 0.15) is 11.6 Å². The Morgan fingerprint density at radius 1 is 1.25 bits per heavy atom. The van der Waals surface area contributed by atoms with Gasteiger partial charge in [0.05, 0.1) is 22.8 Å². The first-order valence-corrected chi connectivity index (χ1v) is 6.70. The summed E-state index contributed by atoms with van der Waals surface area (Å²) in [5, 5.41) is 12.3. The second kappa shape index (κ2) is 5.60. The summed E-state index contributed by atoms with van der Waals surface area (Å²) < 4.78 is 6.76. The maximum atomic E-state index is 6.09. The maximum Gasteiger partial charge on any atom is 0.248 e. The van der Waals surface area contributed by atoms with E-state index in [2.05, 4.69) is 20.5 Å². The third-order valence-electron chi connectivity index (χ3n) is 2.60. The fourth-order valence-electron chi connectivity index (χ4n) is 1.69. The smallest absolute Gasteiger partial charge is 0.248 e. The quantitative estimate of drug-likeness (QED) is 0.693. The summed E-state index contributed by atoms with van der Waals surface area (Å²) in [5.41, 5.74) is 1.42. The number of nitrogens with zero attached hydrogens (tertiary/aromatic N) is 5. The Kier molecular flexibility index (Phi) is 3.66. The van der Waals surface area contributed by atoms with Gasteiger partial charge in [0.2, 0.25) is 11.7 Å². The van der Waals surface area contributed by atoms with Gasteiger partial charge in [-0.15, -0.1) is 16.7 Å². The summed E-state index contributed by atoms with van der Waals surface area (Å²) in [4.78, 5) is 4.29. The molecule has 0 aliphatic rings. The first-order valence-electron chi connectivity index (χ1n) is 5.78. The molecule has 0 radical (unpaired) electrons. The Balaban J connectivity index is 1.82. The molecule has 0 fully saturated rings. The van der Waals surface area contributed by atoms with Gasteiger partial charge in [0.25, 0.3) is 0 Å². The Bertz CT molecular complexity index is 724. The predicted molar refractivity (Wildman–Crippen MR) is 73.4 cm³/mol. The molecule has 2 heterocycles. The summed E-state index contributed by atoms with van der Waals surface area (Å²) in [6.07, 6.45) is 1.73. The van der Waals surface area contributed by atoms with Crippen LogP contribution in [0, 0.1) is 0 Å². The number of hydrogen-bond acceptors (Lipinski definition) is 5. The van der Waals surface area contributed by atoms with Gasteiger partial charge in [-0.3, -0.25) is 0 Å². The summed E-state index contributed by atoms with van der Waals surface area (Å²) in [6, 6.07) is 7.31. The third-order valence-corrected chi connectivity index (χ3v) is 3.21. The molecule has 0 N–H and O–H groups in total. The minimum atomic E-state index is 0.314. The lowest BCUT2D eigenvalue weighted by atomic mass is 10.2. The molecule has 102 valence electrons. The van der Waals surface area contributed by atoms with E-state index >= 15 is 0 Å². The van der Waals surface area contributed by atoms with E-state index in [1.807, 2.05) is 18.2 Å². The van der Waals surface area contributed by atoms with Crippen molar-refractivity contribution in [1.29, 1.82) is 0 Å². The van der Waals surface area contributed by atoms with Crippen molar-refractivity contribution in [3.8, 4) is 11.4 Å². The number of alkyl halides is 1. The molecule has 0 saturated carbocycles. The summed E-state index contributed by atoms with van der Waals surface area (Å²) in [6.45, 7) is 0.335. The topological polar surface area (TPSA) is 69.6 Å². The molecular formula is C12H9Cl2N5O. The lowest BCUT2D eigenvalue weighted by Gasteiger charge is -1.96. The number of benzene rings is 1. The first-order chi connectivity index (χ1) is 9.76. The van der Waals surface area contributed by atoms with E-state index < -0.39 is 0 Å². The maximum absolute atomic E-state index is 6.09. The van der Waals surface area contributed by atoms with E-state index in [0.717, 1.165) is 5.56 Å². The van der Waals surface area contributed by atoms with Crippen LogP contribution in [-0.4, -0.2) is 25.1 Å². The molecular weight excluding hydrogens is 301 g/mol. The third kappa shape index (κ3) is 2.66. The Morgan fingerprint density at radius 2 is 2.10 bits per heavy atom. The van der Waals surface area contributed by atoms with E-state index in [9.17, 15) is 0 Å². The minimum Gasteiger partial charge on any atom is -0.337 e. The highest BCUT2D eigenvalue weighted by Gasteiger charge is 2.12. The van der Waals surface area contributed by atoms with Gasteiger partial charge < -0.3 is 4.52 Å². The number of aromatic nitrogens is 5. The van der Waals surface area contributed by atoms with Crippen molar-refractivity contribution in [1.82, 2.24) is 25.1 Å². The Morgan fingerprint density at radius 3 is 2.85 bits per heavy atom. The van der Waals surface area contributed by atoms with E-state index in [1.54, 1.807) is 16.9 Å². The first kappa shape index (κ1) is 13.1. The van der Waals surface area contributed by atoms with Crippen molar-refractivity contribution in [3.63, 3.8) is 0 Å². The van der Waals surface area contributed by atoms with Crippen LogP contribution in [0.3, 0.4) is 0 Å². The molecule has 8 heteroatoms. The van der Waals surface area contributed by atoms with Gasteiger partial charge in [-0.2, -0.15) is 4.98 Å². The average molecular weight is 310 g/mol. The van der Waals surface area contributed by atoms with E-state index in [0.29, 0.717) is 34.9 Å². The molecule has 1 aromatic carbocycles. The SMILES string of the molecule is ClCc1cn(Cc2nc(-c3ccccc3Cl)no2)nn1. The van der Waals surface area contributed by atoms with Crippen LogP contribution < -0.4 is 0 Å². The Hall–Kier alpha value is -1.92. The molecule has 3 aromatic rings. The van der Waals surface area contributed by atoms with Crippen LogP contribution in [0.2, 0.25) is 5.02 Å². The van der Waals surface area contributed by atoms with Gasteiger partial charge in [-0.1, -0.05) is 34.1 Å². The molecule has 20 heavy (non-hydrogen) atoms. The number of halogens is 2. The second-order valence-electron chi connectivity index (χ2n) is 4.03. The summed E-state index contributed by atoms with van der Waals surface area (Å²) >= 11 is 11.7. The van der Waals surface area contributed by atoms with Crippen molar-refractivity contribution in [3.05, 3.63) is 47.1 Å². The normalized spacial score (nSPS) is 10.9. The van der Waals surface area contributed by atoms with Crippen molar-refractivity contribution >= 4 is 23.2 Å². The van der Waals surface area contributed by atoms with Crippen molar-refractivity contribution in [2.75, 3.05) is 0 Å². The van der Waals surface area contributed by atoms with Crippen molar-refractivity contribution in [2.24, 2.45) is 0 Å². The van der Waals surface area contributed by atoms with E-state index in [4.69, 9.17) is 27.7 Å². The largest absolute Gasteiger partial charge is 0.337 e. The monoisotopic (exact) mass is 309 g/mol. The van der Waals surface area contributed by atoms with Crippen molar-refractivity contribution < 1.29 is 4.52 Å². The molecule has 3 rings (SSSR count).